The van der Waals surface area contributed by atoms with Gasteiger partial charge in [0.2, 0.25) is 0 Å². The highest BCUT2D eigenvalue weighted by Crippen LogP contribution is 2.28. The Bertz CT molecular complexity index is 318. The molecule has 1 aliphatic rings. The minimum atomic E-state index is 0.886. The van der Waals surface area contributed by atoms with Crippen LogP contribution in [0.25, 0.3) is 0 Å². The molecule has 0 bridgehead atoms. The monoisotopic (exact) mass is 236 g/mol. The van der Waals surface area contributed by atoms with Gasteiger partial charge in [-0.05, 0) is 50.3 Å². The van der Waals surface area contributed by atoms with E-state index in [4.69, 9.17) is 4.74 Å². The van der Waals surface area contributed by atoms with Crippen molar-refractivity contribution in [1.82, 2.24) is 9.88 Å². The molecule has 0 unspecified atom stereocenters. The highest BCUT2D eigenvalue weighted by Gasteiger charge is 2.20. The lowest BCUT2D eigenvalue weighted by molar-refractivity contribution is 0.122. The first-order valence-corrected chi connectivity index (χ1v) is 6.81. The van der Waals surface area contributed by atoms with Crippen LogP contribution in [0.15, 0.2) is 18.5 Å². The average molecular weight is 236 g/mol. The Balaban J connectivity index is 1.44. The van der Waals surface area contributed by atoms with Crippen LogP contribution in [-0.4, -0.2) is 24.3 Å². The summed E-state index contributed by atoms with van der Waals surface area (Å²) in [5.41, 5.74) is 1.37. The Hall–Kier alpha value is -0.800. The van der Waals surface area contributed by atoms with Crippen molar-refractivity contribution < 1.29 is 4.74 Å². The van der Waals surface area contributed by atoms with Crippen molar-refractivity contribution in [1.29, 1.82) is 0 Å². The Morgan fingerprint density at radius 2 is 2.35 bits per heavy atom. The predicted octanol–water partition coefficient (Wildman–Crippen LogP) is 2.41. The lowest BCUT2D eigenvalue weighted by atomic mass is 10.3. The topological polar surface area (TPSA) is 26.2 Å². The van der Waals surface area contributed by atoms with E-state index in [1.807, 2.05) is 0 Å². The lowest BCUT2D eigenvalue weighted by Crippen LogP contribution is -2.16. The smallest absolute Gasteiger partial charge is 0.0494 e. The van der Waals surface area contributed by atoms with Gasteiger partial charge in [-0.15, -0.1) is 0 Å². The van der Waals surface area contributed by atoms with Gasteiger partial charge in [-0.3, -0.25) is 0 Å². The molecule has 1 aliphatic carbocycles. The van der Waals surface area contributed by atoms with E-state index in [9.17, 15) is 0 Å². The zero-order valence-corrected chi connectivity index (χ0v) is 10.8. The fraction of sp³-hybridized carbons (Fsp3) is 0.714. The molecule has 1 aromatic rings. The summed E-state index contributed by atoms with van der Waals surface area (Å²) < 4.78 is 7.79. The maximum Gasteiger partial charge on any atom is 0.0494 e. The molecular formula is C14H24N2O. The van der Waals surface area contributed by atoms with E-state index in [0.29, 0.717) is 0 Å². The minimum Gasteiger partial charge on any atom is -0.381 e. The van der Waals surface area contributed by atoms with E-state index in [-0.39, 0.29) is 0 Å². The second-order valence-corrected chi connectivity index (χ2v) is 4.90. The first-order valence-electron chi connectivity index (χ1n) is 6.81. The summed E-state index contributed by atoms with van der Waals surface area (Å²) in [6, 6.07) is 2.18. The molecule has 17 heavy (non-hydrogen) atoms. The largest absolute Gasteiger partial charge is 0.381 e. The molecule has 1 fully saturated rings. The lowest BCUT2D eigenvalue weighted by Gasteiger charge is -2.04. The number of nitrogens with one attached hydrogen (secondary N) is 1. The van der Waals surface area contributed by atoms with Gasteiger partial charge < -0.3 is 14.6 Å². The van der Waals surface area contributed by atoms with Crippen molar-refractivity contribution in [3.8, 4) is 0 Å². The number of aryl methyl sites for hydroxylation is 1. The standard InChI is InChI=1S/C14H24N2O/c1-2-16-8-6-14(11-16)10-15-7-3-9-17-12-13-4-5-13/h6,8,11,13,15H,2-5,7,9-10,12H2,1H3. The van der Waals surface area contributed by atoms with Crippen molar-refractivity contribution in [2.24, 2.45) is 5.92 Å². The molecule has 0 saturated heterocycles. The molecule has 0 amide bonds. The summed E-state index contributed by atoms with van der Waals surface area (Å²) in [6.07, 6.45) is 8.22. The van der Waals surface area contributed by atoms with Gasteiger partial charge in [0.1, 0.15) is 0 Å². The predicted molar refractivity (Wildman–Crippen MR) is 70.0 cm³/mol. The molecule has 2 rings (SSSR count). The van der Waals surface area contributed by atoms with Crippen LogP contribution < -0.4 is 5.32 Å². The maximum atomic E-state index is 5.59. The van der Waals surface area contributed by atoms with Gasteiger partial charge in [0.25, 0.3) is 0 Å². The van der Waals surface area contributed by atoms with Crippen molar-refractivity contribution in [3.63, 3.8) is 0 Å². The summed E-state index contributed by atoms with van der Waals surface area (Å²) in [7, 11) is 0. The third kappa shape index (κ3) is 4.92. The zero-order chi connectivity index (χ0) is 11.9. The molecule has 1 N–H and O–H groups in total. The van der Waals surface area contributed by atoms with Crippen LogP contribution in [0, 0.1) is 5.92 Å². The molecule has 0 aliphatic heterocycles. The van der Waals surface area contributed by atoms with E-state index < -0.39 is 0 Å². The third-order valence-electron chi connectivity index (χ3n) is 3.20. The van der Waals surface area contributed by atoms with E-state index in [1.165, 1.54) is 18.4 Å². The van der Waals surface area contributed by atoms with E-state index >= 15 is 0 Å². The van der Waals surface area contributed by atoms with Crippen molar-refractivity contribution in [3.05, 3.63) is 24.0 Å². The van der Waals surface area contributed by atoms with Gasteiger partial charge >= 0.3 is 0 Å². The summed E-state index contributed by atoms with van der Waals surface area (Å²) in [6.45, 7) is 7.11. The first-order chi connectivity index (χ1) is 8.38. The number of hydrogen-bond acceptors (Lipinski definition) is 2. The Labute approximate surface area is 104 Å². The maximum absolute atomic E-state index is 5.59. The van der Waals surface area contributed by atoms with Crippen LogP contribution in [-0.2, 0) is 17.8 Å². The van der Waals surface area contributed by atoms with Crippen LogP contribution in [0.3, 0.4) is 0 Å². The summed E-state index contributed by atoms with van der Waals surface area (Å²) in [5.74, 6) is 0.886. The minimum absolute atomic E-state index is 0.886. The van der Waals surface area contributed by atoms with E-state index in [1.54, 1.807) is 0 Å². The SMILES string of the molecule is CCn1ccc(CNCCCOCC2CC2)c1. The van der Waals surface area contributed by atoms with Crippen LogP contribution in [0.1, 0.15) is 31.7 Å². The van der Waals surface area contributed by atoms with Crippen molar-refractivity contribution >= 4 is 0 Å². The van der Waals surface area contributed by atoms with Crippen LogP contribution in [0.5, 0.6) is 0 Å². The van der Waals surface area contributed by atoms with Gasteiger partial charge in [0.15, 0.2) is 0 Å². The summed E-state index contributed by atoms with van der Waals surface area (Å²) >= 11 is 0. The third-order valence-corrected chi connectivity index (χ3v) is 3.20. The van der Waals surface area contributed by atoms with Gasteiger partial charge in [0.05, 0.1) is 0 Å². The molecule has 1 heterocycles. The molecule has 0 atom stereocenters. The Morgan fingerprint density at radius 1 is 1.47 bits per heavy atom. The van der Waals surface area contributed by atoms with Gasteiger partial charge in [-0.1, -0.05) is 0 Å². The Kier molecular flexibility index (Phi) is 5.08. The highest BCUT2D eigenvalue weighted by molar-refractivity contribution is 5.09. The number of rotatable bonds is 9. The molecule has 1 saturated carbocycles. The quantitative estimate of drug-likeness (QED) is 0.666. The van der Waals surface area contributed by atoms with E-state index in [0.717, 1.165) is 45.2 Å². The normalized spacial score (nSPS) is 15.4. The average Bonchev–Trinajstić information content (AvgIpc) is 3.05. The van der Waals surface area contributed by atoms with Gasteiger partial charge in [-0.25, -0.2) is 0 Å². The molecule has 3 heteroatoms. The van der Waals surface area contributed by atoms with Crippen molar-refractivity contribution in [2.75, 3.05) is 19.8 Å². The van der Waals surface area contributed by atoms with Crippen LogP contribution in [0.2, 0.25) is 0 Å². The highest BCUT2D eigenvalue weighted by atomic mass is 16.5. The first kappa shape index (κ1) is 12.7. The molecule has 0 aromatic carbocycles. The fourth-order valence-electron chi connectivity index (χ4n) is 1.86. The molecule has 0 radical (unpaired) electrons. The zero-order valence-electron chi connectivity index (χ0n) is 10.8. The second-order valence-electron chi connectivity index (χ2n) is 4.90. The molecule has 0 spiro atoms. The molecule has 1 aromatic heterocycles. The molecule has 3 nitrogen and oxygen atoms in total. The number of ether oxygens (including phenoxy) is 1. The second kappa shape index (κ2) is 6.82. The summed E-state index contributed by atoms with van der Waals surface area (Å²) in [4.78, 5) is 0. The van der Waals surface area contributed by atoms with Crippen LogP contribution >= 0.6 is 0 Å². The van der Waals surface area contributed by atoms with Gasteiger partial charge in [-0.2, -0.15) is 0 Å². The van der Waals surface area contributed by atoms with Gasteiger partial charge in [0, 0.05) is 38.7 Å². The molecule has 96 valence electrons. The number of hydrogen-bond donors (Lipinski definition) is 1. The number of nitrogens with zero attached hydrogens (tertiary/aromatic N) is 1. The van der Waals surface area contributed by atoms with Crippen molar-refractivity contribution in [2.45, 2.75) is 39.3 Å². The summed E-state index contributed by atoms with van der Waals surface area (Å²) in [5, 5.41) is 3.45. The van der Waals surface area contributed by atoms with Crippen LogP contribution in [0.4, 0.5) is 0 Å². The molecular weight excluding hydrogens is 212 g/mol. The number of aromatic nitrogens is 1. The Morgan fingerprint density at radius 3 is 3.06 bits per heavy atom. The fourth-order valence-corrected chi connectivity index (χ4v) is 1.86. The van der Waals surface area contributed by atoms with E-state index in [2.05, 4.69) is 35.3 Å².